The second-order valence-corrected chi connectivity index (χ2v) is 7.63. The number of anilines is 2. The molecule has 0 bridgehead atoms. The molecule has 138 valence electrons. The molecular weight excluding hydrogens is 351 g/mol. The summed E-state index contributed by atoms with van der Waals surface area (Å²) in [5.41, 5.74) is 1.22. The van der Waals surface area contributed by atoms with Gasteiger partial charge in [0.1, 0.15) is 11.5 Å². The van der Waals surface area contributed by atoms with Crippen molar-refractivity contribution in [1.82, 2.24) is 9.88 Å². The highest BCUT2D eigenvalue weighted by molar-refractivity contribution is 7.13. The molecule has 3 heterocycles. The molecule has 0 radical (unpaired) electrons. The van der Waals surface area contributed by atoms with E-state index in [0.29, 0.717) is 11.4 Å². The predicted molar refractivity (Wildman–Crippen MR) is 103 cm³/mol. The number of para-hydroxylation sites is 1. The molecule has 0 unspecified atom stereocenters. The van der Waals surface area contributed by atoms with Gasteiger partial charge in [-0.3, -0.25) is 4.79 Å². The van der Waals surface area contributed by atoms with E-state index in [2.05, 4.69) is 14.8 Å². The van der Waals surface area contributed by atoms with E-state index in [1.54, 1.807) is 6.07 Å². The summed E-state index contributed by atoms with van der Waals surface area (Å²) >= 11 is 1.52. The number of amides is 1. The van der Waals surface area contributed by atoms with E-state index < -0.39 is 0 Å². The van der Waals surface area contributed by atoms with Crippen molar-refractivity contribution in [2.45, 2.75) is 19.3 Å². The van der Waals surface area contributed by atoms with Crippen LogP contribution in [0.3, 0.4) is 0 Å². The van der Waals surface area contributed by atoms with E-state index in [1.807, 2.05) is 22.4 Å². The first-order chi connectivity index (χ1) is 12.7. The molecule has 2 fully saturated rings. The van der Waals surface area contributed by atoms with Crippen molar-refractivity contribution >= 4 is 28.1 Å². The maximum Gasteiger partial charge on any atom is 0.273 e. The topological polar surface area (TPSA) is 39.7 Å². The number of halogens is 1. The second kappa shape index (κ2) is 7.61. The SMILES string of the molecule is O=C(c1csc(N2CCN(c3ccccc3F)CC2)n1)N1CCCCC1. The number of piperazine rings is 1. The third-order valence-electron chi connectivity index (χ3n) is 5.10. The molecular formula is C19H23FN4OS. The Morgan fingerprint density at radius 2 is 1.65 bits per heavy atom. The molecule has 1 aromatic carbocycles. The summed E-state index contributed by atoms with van der Waals surface area (Å²) in [5.74, 6) is -0.123. The van der Waals surface area contributed by atoms with E-state index in [9.17, 15) is 9.18 Å². The Kier molecular flexibility index (Phi) is 5.06. The number of benzene rings is 1. The zero-order valence-electron chi connectivity index (χ0n) is 14.7. The smallest absolute Gasteiger partial charge is 0.273 e. The van der Waals surface area contributed by atoms with Crippen molar-refractivity contribution in [1.29, 1.82) is 0 Å². The second-order valence-electron chi connectivity index (χ2n) is 6.79. The summed E-state index contributed by atoms with van der Waals surface area (Å²) in [4.78, 5) is 23.3. The van der Waals surface area contributed by atoms with Gasteiger partial charge in [-0.25, -0.2) is 9.37 Å². The largest absolute Gasteiger partial charge is 0.366 e. The summed E-state index contributed by atoms with van der Waals surface area (Å²) in [5, 5.41) is 2.76. The van der Waals surface area contributed by atoms with Crippen LogP contribution in [0.2, 0.25) is 0 Å². The molecule has 0 aliphatic carbocycles. The highest BCUT2D eigenvalue weighted by Crippen LogP contribution is 2.26. The summed E-state index contributed by atoms with van der Waals surface area (Å²) in [6.45, 7) is 4.73. The maximum atomic E-state index is 14.0. The van der Waals surface area contributed by atoms with Gasteiger partial charge in [0, 0.05) is 44.6 Å². The number of hydrogen-bond acceptors (Lipinski definition) is 5. The third-order valence-corrected chi connectivity index (χ3v) is 6.00. The molecule has 4 rings (SSSR count). The van der Waals surface area contributed by atoms with Gasteiger partial charge in [0.15, 0.2) is 5.13 Å². The number of aromatic nitrogens is 1. The minimum atomic E-state index is -0.176. The van der Waals surface area contributed by atoms with Crippen LogP contribution < -0.4 is 9.80 Å². The number of nitrogens with zero attached hydrogens (tertiary/aromatic N) is 4. The van der Waals surface area contributed by atoms with Crippen LogP contribution in [-0.4, -0.2) is 55.1 Å². The van der Waals surface area contributed by atoms with Gasteiger partial charge >= 0.3 is 0 Å². The predicted octanol–water partition coefficient (Wildman–Crippen LogP) is 3.23. The number of likely N-dealkylation sites (tertiary alicyclic amines) is 1. The number of rotatable bonds is 3. The molecule has 0 N–H and O–H groups in total. The standard InChI is InChI=1S/C19H23FN4OS/c20-15-6-2-3-7-17(15)22-10-12-24(13-11-22)19-21-16(14-26-19)18(25)23-8-4-1-5-9-23/h2-3,6-7,14H,1,4-5,8-13H2. The Hall–Kier alpha value is -2.15. The van der Waals surface area contributed by atoms with Gasteiger partial charge in [0.2, 0.25) is 0 Å². The molecule has 1 aromatic heterocycles. The fraction of sp³-hybridized carbons (Fsp3) is 0.474. The fourth-order valence-corrected chi connectivity index (χ4v) is 4.47. The Balaban J connectivity index is 1.38. The molecule has 2 aromatic rings. The van der Waals surface area contributed by atoms with Gasteiger partial charge in [-0.05, 0) is 31.4 Å². The van der Waals surface area contributed by atoms with Crippen LogP contribution in [0.5, 0.6) is 0 Å². The number of hydrogen-bond donors (Lipinski definition) is 0. The normalized spacial score (nSPS) is 18.3. The van der Waals surface area contributed by atoms with Crippen LogP contribution in [-0.2, 0) is 0 Å². The molecule has 5 nitrogen and oxygen atoms in total. The first kappa shape index (κ1) is 17.3. The Labute approximate surface area is 157 Å². The van der Waals surface area contributed by atoms with E-state index in [0.717, 1.165) is 57.2 Å². The van der Waals surface area contributed by atoms with Crippen LogP contribution in [0.25, 0.3) is 0 Å². The van der Waals surface area contributed by atoms with Gasteiger partial charge in [0.05, 0.1) is 5.69 Å². The quantitative estimate of drug-likeness (QED) is 0.827. The van der Waals surface area contributed by atoms with Crippen LogP contribution in [0, 0.1) is 5.82 Å². The Morgan fingerprint density at radius 1 is 0.962 bits per heavy atom. The molecule has 0 spiro atoms. The Bertz CT molecular complexity index is 766. The van der Waals surface area contributed by atoms with Gasteiger partial charge < -0.3 is 14.7 Å². The molecule has 1 amide bonds. The first-order valence-electron chi connectivity index (χ1n) is 9.21. The first-order valence-corrected chi connectivity index (χ1v) is 10.1. The van der Waals surface area contributed by atoms with E-state index in [4.69, 9.17) is 0 Å². The fourth-order valence-electron chi connectivity index (χ4n) is 3.61. The van der Waals surface area contributed by atoms with Gasteiger partial charge in [-0.1, -0.05) is 12.1 Å². The molecule has 2 aliphatic heterocycles. The molecule has 26 heavy (non-hydrogen) atoms. The van der Waals surface area contributed by atoms with Crippen molar-refractivity contribution in [2.24, 2.45) is 0 Å². The zero-order chi connectivity index (χ0) is 17.9. The minimum Gasteiger partial charge on any atom is -0.366 e. The van der Waals surface area contributed by atoms with Crippen molar-refractivity contribution in [3.63, 3.8) is 0 Å². The number of piperidine rings is 1. The number of carbonyl (C=O) groups is 1. The highest BCUT2D eigenvalue weighted by atomic mass is 32.1. The average molecular weight is 374 g/mol. The Morgan fingerprint density at radius 3 is 2.38 bits per heavy atom. The van der Waals surface area contributed by atoms with Crippen molar-refractivity contribution in [3.8, 4) is 0 Å². The van der Waals surface area contributed by atoms with Gasteiger partial charge in [-0.2, -0.15) is 0 Å². The highest BCUT2D eigenvalue weighted by Gasteiger charge is 2.24. The van der Waals surface area contributed by atoms with Crippen LogP contribution in [0.4, 0.5) is 15.2 Å². The monoisotopic (exact) mass is 374 g/mol. The summed E-state index contributed by atoms with van der Waals surface area (Å²) < 4.78 is 14.0. The average Bonchev–Trinajstić information content (AvgIpc) is 3.19. The number of carbonyl (C=O) groups excluding carboxylic acids is 1. The minimum absolute atomic E-state index is 0.0530. The van der Waals surface area contributed by atoms with Crippen molar-refractivity contribution < 1.29 is 9.18 Å². The lowest BCUT2D eigenvalue weighted by Gasteiger charge is -2.36. The molecule has 0 saturated carbocycles. The van der Waals surface area contributed by atoms with Gasteiger partial charge in [0.25, 0.3) is 5.91 Å². The van der Waals surface area contributed by atoms with Crippen LogP contribution in [0.1, 0.15) is 29.8 Å². The molecule has 7 heteroatoms. The lowest BCUT2D eigenvalue weighted by Crippen LogP contribution is -2.46. The summed E-state index contributed by atoms with van der Waals surface area (Å²) in [7, 11) is 0. The third kappa shape index (κ3) is 3.53. The lowest BCUT2D eigenvalue weighted by molar-refractivity contribution is 0.0719. The molecule has 2 aliphatic rings. The molecule has 2 saturated heterocycles. The van der Waals surface area contributed by atoms with Gasteiger partial charge in [-0.15, -0.1) is 11.3 Å². The number of thiazole rings is 1. The maximum absolute atomic E-state index is 14.0. The van der Waals surface area contributed by atoms with E-state index >= 15 is 0 Å². The lowest BCUT2D eigenvalue weighted by atomic mass is 10.1. The zero-order valence-corrected chi connectivity index (χ0v) is 15.6. The van der Waals surface area contributed by atoms with Crippen LogP contribution >= 0.6 is 11.3 Å². The van der Waals surface area contributed by atoms with E-state index in [-0.39, 0.29) is 11.7 Å². The van der Waals surface area contributed by atoms with Crippen LogP contribution in [0.15, 0.2) is 29.6 Å². The van der Waals surface area contributed by atoms with Crippen molar-refractivity contribution in [2.75, 3.05) is 49.1 Å². The van der Waals surface area contributed by atoms with Crippen molar-refractivity contribution in [3.05, 3.63) is 41.2 Å². The summed E-state index contributed by atoms with van der Waals surface area (Å²) in [6.07, 6.45) is 3.37. The van der Waals surface area contributed by atoms with E-state index in [1.165, 1.54) is 23.8 Å². The molecule has 0 atom stereocenters. The summed E-state index contributed by atoms with van der Waals surface area (Å²) in [6, 6.07) is 6.90.